The number of nitriles is 1. The smallest absolute Gasteiger partial charge is 0.0693 e. The van der Waals surface area contributed by atoms with Gasteiger partial charge in [-0.2, -0.15) is 5.26 Å². The molecule has 0 spiro atoms. The molecule has 0 atom stereocenters. The summed E-state index contributed by atoms with van der Waals surface area (Å²) in [6, 6.07) is 4.66. The zero-order chi connectivity index (χ0) is 12.1. The molecule has 90 valence electrons. The number of hydrogen-bond donors (Lipinski definition) is 0. The summed E-state index contributed by atoms with van der Waals surface area (Å²) in [7, 11) is 0. The zero-order valence-electron chi connectivity index (χ0n) is 9.95. The Bertz CT molecular complexity index is 414. The van der Waals surface area contributed by atoms with Crippen LogP contribution in [0.1, 0.15) is 44.1 Å². The van der Waals surface area contributed by atoms with E-state index in [1.54, 1.807) is 6.20 Å². The highest BCUT2D eigenvalue weighted by atomic mass is 79.9. The summed E-state index contributed by atoms with van der Waals surface area (Å²) < 4.78 is 0.997. The van der Waals surface area contributed by atoms with Gasteiger partial charge in [-0.05, 0) is 46.8 Å². The number of nitrogens with zero attached hydrogens (tertiary/aromatic N) is 2. The zero-order valence-corrected chi connectivity index (χ0v) is 11.5. The summed E-state index contributed by atoms with van der Waals surface area (Å²) in [5.74, 6) is 0. The molecule has 0 N–H and O–H groups in total. The molecule has 2 nitrogen and oxygen atoms in total. The average Bonchev–Trinajstić information content (AvgIpc) is 2.55. The minimum Gasteiger partial charge on any atom is -0.263 e. The third-order valence-corrected chi connectivity index (χ3v) is 4.04. The van der Waals surface area contributed by atoms with Gasteiger partial charge >= 0.3 is 0 Å². The molecular weight excluding hydrogens is 276 g/mol. The van der Waals surface area contributed by atoms with Crippen LogP contribution in [-0.2, 0) is 6.42 Å². The van der Waals surface area contributed by atoms with Crippen LogP contribution in [0.25, 0.3) is 0 Å². The van der Waals surface area contributed by atoms with Crippen LogP contribution in [0.15, 0.2) is 22.9 Å². The average molecular weight is 293 g/mol. The monoisotopic (exact) mass is 292 g/mol. The van der Waals surface area contributed by atoms with E-state index < -0.39 is 0 Å². The summed E-state index contributed by atoms with van der Waals surface area (Å²) in [5, 5.41) is 9.52. The molecule has 1 aromatic heterocycles. The molecule has 0 aromatic carbocycles. The third-order valence-electron chi connectivity index (χ3n) is 3.60. The van der Waals surface area contributed by atoms with E-state index in [1.165, 1.54) is 31.2 Å². The van der Waals surface area contributed by atoms with Gasteiger partial charge in [0.05, 0.1) is 11.5 Å². The van der Waals surface area contributed by atoms with Gasteiger partial charge in [-0.25, -0.2) is 0 Å². The summed E-state index contributed by atoms with van der Waals surface area (Å²) in [6.45, 7) is 0. The van der Waals surface area contributed by atoms with E-state index in [-0.39, 0.29) is 5.41 Å². The van der Waals surface area contributed by atoms with Crippen LogP contribution in [0.5, 0.6) is 0 Å². The molecule has 0 saturated heterocycles. The minimum atomic E-state index is -0.154. The van der Waals surface area contributed by atoms with Crippen molar-refractivity contribution in [1.82, 2.24) is 4.98 Å². The van der Waals surface area contributed by atoms with Crippen LogP contribution < -0.4 is 0 Å². The van der Waals surface area contributed by atoms with Crippen LogP contribution in [0.3, 0.4) is 0 Å². The SMILES string of the molecule is N#CC1(Cc2cncc(Br)c2)CCCCCC1. The van der Waals surface area contributed by atoms with Gasteiger partial charge in [-0.3, -0.25) is 4.98 Å². The van der Waals surface area contributed by atoms with Crippen molar-refractivity contribution in [2.24, 2.45) is 5.41 Å². The first-order valence-corrected chi connectivity index (χ1v) is 7.04. The van der Waals surface area contributed by atoms with E-state index in [2.05, 4.69) is 33.0 Å². The Kier molecular flexibility index (Phi) is 4.17. The normalized spacial score (nSPS) is 19.3. The van der Waals surface area contributed by atoms with E-state index in [1.807, 2.05) is 6.20 Å². The first-order valence-electron chi connectivity index (χ1n) is 6.25. The van der Waals surface area contributed by atoms with Gasteiger partial charge < -0.3 is 0 Å². The highest BCUT2D eigenvalue weighted by molar-refractivity contribution is 9.10. The van der Waals surface area contributed by atoms with Crippen molar-refractivity contribution < 1.29 is 0 Å². The fourth-order valence-corrected chi connectivity index (χ4v) is 3.09. The van der Waals surface area contributed by atoms with E-state index >= 15 is 0 Å². The summed E-state index contributed by atoms with van der Waals surface area (Å²) >= 11 is 3.44. The summed E-state index contributed by atoms with van der Waals surface area (Å²) in [6.07, 6.45) is 11.5. The molecule has 2 rings (SSSR count). The molecule has 1 aromatic rings. The predicted molar refractivity (Wildman–Crippen MR) is 71.4 cm³/mol. The first kappa shape index (κ1) is 12.6. The molecule has 1 heterocycles. The van der Waals surface area contributed by atoms with Crippen LogP contribution in [0, 0.1) is 16.7 Å². The molecule has 0 aliphatic heterocycles. The lowest BCUT2D eigenvalue weighted by molar-refractivity contribution is 0.338. The molecule has 1 aliphatic rings. The fraction of sp³-hybridized carbons (Fsp3) is 0.571. The van der Waals surface area contributed by atoms with Crippen molar-refractivity contribution in [3.8, 4) is 6.07 Å². The minimum absolute atomic E-state index is 0.154. The molecule has 0 amide bonds. The van der Waals surface area contributed by atoms with Crippen LogP contribution in [-0.4, -0.2) is 4.98 Å². The Morgan fingerprint density at radius 2 is 1.94 bits per heavy atom. The number of aromatic nitrogens is 1. The molecular formula is C14H17BrN2. The highest BCUT2D eigenvalue weighted by Crippen LogP contribution is 2.37. The standard InChI is InChI=1S/C14H17BrN2/c15-13-7-12(9-17-10-13)8-14(11-16)5-3-1-2-4-6-14/h7,9-10H,1-6,8H2. The molecule has 0 bridgehead atoms. The Morgan fingerprint density at radius 3 is 2.53 bits per heavy atom. The van der Waals surface area contributed by atoms with Gasteiger partial charge in [-0.15, -0.1) is 0 Å². The van der Waals surface area contributed by atoms with Crippen molar-refractivity contribution in [3.63, 3.8) is 0 Å². The van der Waals surface area contributed by atoms with Gasteiger partial charge in [-0.1, -0.05) is 25.7 Å². The fourth-order valence-electron chi connectivity index (χ4n) is 2.68. The van der Waals surface area contributed by atoms with Gasteiger partial charge in [0, 0.05) is 16.9 Å². The van der Waals surface area contributed by atoms with Gasteiger partial charge in [0.2, 0.25) is 0 Å². The molecule has 1 aliphatic carbocycles. The predicted octanol–water partition coefficient (Wildman–Crippen LogP) is 4.25. The maximum atomic E-state index is 9.52. The maximum Gasteiger partial charge on any atom is 0.0693 e. The van der Waals surface area contributed by atoms with Crippen molar-refractivity contribution in [2.75, 3.05) is 0 Å². The number of halogens is 1. The summed E-state index contributed by atoms with van der Waals surface area (Å²) in [4.78, 5) is 4.18. The lowest BCUT2D eigenvalue weighted by Crippen LogP contribution is -2.21. The second kappa shape index (κ2) is 5.64. The highest BCUT2D eigenvalue weighted by Gasteiger charge is 2.31. The van der Waals surface area contributed by atoms with E-state index in [4.69, 9.17) is 0 Å². The molecule has 17 heavy (non-hydrogen) atoms. The second-order valence-electron chi connectivity index (χ2n) is 4.99. The molecule has 1 saturated carbocycles. The molecule has 0 unspecified atom stereocenters. The third kappa shape index (κ3) is 3.29. The van der Waals surface area contributed by atoms with Crippen LogP contribution >= 0.6 is 15.9 Å². The van der Waals surface area contributed by atoms with Crippen LogP contribution in [0.4, 0.5) is 0 Å². The Labute approximate surface area is 111 Å². The van der Waals surface area contributed by atoms with Crippen molar-refractivity contribution in [2.45, 2.75) is 44.9 Å². The van der Waals surface area contributed by atoms with Crippen molar-refractivity contribution in [3.05, 3.63) is 28.5 Å². The van der Waals surface area contributed by atoms with Crippen molar-refractivity contribution in [1.29, 1.82) is 5.26 Å². The second-order valence-corrected chi connectivity index (χ2v) is 5.91. The quantitative estimate of drug-likeness (QED) is 0.764. The summed E-state index contributed by atoms with van der Waals surface area (Å²) in [5.41, 5.74) is 1.02. The largest absolute Gasteiger partial charge is 0.263 e. The Hall–Kier alpha value is -0.880. The molecule has 0 radical (unpaired) electrons. The topological polar surface area (TPSA) is 36.7 Å². The molecule has 1 fully saturated rings. The first-order chi connectivity index (χ1) is 8.24. The maximum absolute atomic E-state index is 9.52. The number of rotatable bonds is 2. The van der Waals surface area contributed by atoms with Gasteiger partial charge in [0.1, 0.15) is 0 Å². The van der Waals surface area contributed by atoms with Gasteiger partial charge in [0.15, 0.2) is 0 Å². The molecule has 3 heteroatoms. The van der Waals surface area contributed by atoms with Gasteiger partial charge in [0.25, 0.3) is 0 Å². The van der Waals surface area contributed by atoms with E-state index in [9.17, 15) is 5.26 Å². The van der Waals surface area contributed by atoms with E-state index in [0.29, 0.717) is 0 Å². The lowest BCUT2D eigenvalue weighted by Gasteiger charge is -2.24. The lowest BCUT2D eigenvalue weighted by atomic mass is 9.77. The van der Waals surface area contributed by atoms with Crippen molar-refractivity contribution >= 4 is 15.9 Å². The number of hydrogen-bond acceptors (Lipinski definition) is 2. The van der Waals surface area contributed by atoms with Crippen LogP contribution in [0.2, 0.25) is 0 Å². The Balaban J connectivity index is 2.16. The number of pyridine rings is 1. The van der Waals surface area contributed by atoms with E-state index in [0.717, 1.165) is 23.7 Å². The Morgan fingerprint density at radius 1 is 1.24 bits per heavy atom.